The van der Waals surface area contributed by atoms with Crippen LogP contribution in [0.5, 0.6) is 5.75 Å². The Bertz CT molecular complexity index is 1070. The van der Waals surface area contributed by atoms with Crippen LogP contribution in [0.1, 0.15) is 114 Å². The average molecular weight is 520 g/mol. The highest BCUT2D eigenvalue weighted by atomic mass is 16.5. The Morgan fingerprint density at radius 1 is 0.842 bits per heavy atom. The van der Waals surface area contributed by atoms with Crippen molar-refractivity contribution in [2.24, 2.45) is 0 Å². The fourth-order valence-electron chi connectivity index (χ4n) is 5.19. The third-order valence-corrected chi connectivity index (χ3v) is 7.57. The van der Waals surface area contributed by atoms with Gasteiger partial charge in [-0.1, -0.05) is 103 Å². The van der Waals surface area contributed by atoms with Crippen LogP contribution in [-0.4, -0.2) is 35.4 Å². The number of benzene rings is 2. The largest absolute Gasteiger partial charge is 0.507 e. The summed E-state index contributed by atoms with van der Waals surface area (Å²) in [6.07, 6.45) is 12.0. The van der Waals surface area contributed by atoms with Crippen LogP contribution in [0, 0.1) is 0 Å². The van der Waals surface area contributed by atoms with E-state index in [1.807, 2.05) is 24.3 Å². The maximum absolute atomic E-state index is 13.3. The van der Waals surface area contributed by atoms with Crippen molar-refractivity contribution < 1.29 is 19.4 Å². The molecule has 1 saturated heterocycles. The van der Waals surface area contributed by atoms with Crippen molar-refractivity contribution in [1.29, 1.82) is 0 Å². The molecule has 38 heavy (non-hydrogen) atoms. The molecule has 206 valence electrons. The second-order valence-corrected chi connectivity index (χ2v) is 10.7. The summed E-state index contributed by atoms with van der Waals surface area (Å²) in [6, 6.07) is 14.4. The fourth-order valence-corrected chi connectivity index (χ4v) is 5.19. The lowest BCUT2D eigenvalue weighted by atomic mass is 9.93. The first kappa shape index (κ1) is 29.5. The van der Waals surface area contributed by atoms with Crippen LogP contribution in [0.4, 0.5) is 0 Å². The second-order valence-electron chi connectivity index (χ2n) is 10.7. The molecule has 1 fully saturated rings. The van der Waals surface area contributed by atoms with Gasteiger partial charge in [-0.25, -0.2) is 0 Å². The number of nitrogens with zero attached hydrogens (tertiary/aromatic N) is 1. The van der Waals surface area contributed by atoms with Gasteiger partial charge in [0.1, 0.15) is 11.5 Å². The van der Waals surface area contributed by atoms with Gasteiger partial charge >= 0.3 is 0 Å². The molecule has 1 aliphatic rings. The van der Waals surface area contributed by atoms with Gasteiger partial charge in [-0.3, -0.25) is 9.59 Å². The number of likely N-dealkylation sites (tertiary alicyclic amines) is 1. The first-order valence-electron chi connectivity index (χ1n) is 14.4. The van der Waals surface area contributed by atoms with Gasteiger partial charge in [0.15, 0.2) is 0 Å². The van der Waals surface area contributed by atoms with Crippen molar-refractivity contribution in [2.75, 3.05) is 13.7 Å². The van der Waals surface area contributed by atoms with Crippen LogP contribution in [0.15, 0.2) is 54.1 Å². The summed E-state index contributed by atoms with van der Waals surface area (Å²) in [5.41, 5.74) is 2.68. The number of Topliss-reactive ketones (excluding diaryl/α,β-unsaturated/α-hetero) is 1. The van der Waals surface area contributed by atoms with E-state index in [9.17, 15) is 14.7 Å². The molecule has 0 radical (unpaired) electrons. The maximum atomic E-state index is 13.3. The number of hydrogen-bond donors (Lipinski definition) is 1. The van der Waals surface area contributed by atoms with Gasteiger partial charge in [0.25, 0.3) is 11.7 Å². The van der Waals surface area contributed by atoms with Gasteiger partial charge in [0, 0.05) is 12.1 Å². The summed E-state index contributed by atoms with van der Waals surface area (Å²) in [4.78, 5) is 28.1. The molecule has 2 aromatic rings. The lowest BCUT2D eigenvalue weighted by molar-refractivity contribution is -0.139. The van der Waals surface area contributed by atoms with Crippen molar-refractivity contribution in [2.45, 2.75) is 96.9 Å². The monoisotopic (exact) mass is 519 g/mol. The molecule has 3 rings (SSSR count). The summed E-state index contributed by atoms with van der Waals surface area (Å²) >= 11 is 0. The van der Waals surface area contributed by atoms with E-state index in [4.69, 9.17) is 4.74 Å². The molecule has 1 N–H and O–H groups in total. The topological polar surface area (TPSA) is 66.8 Å². The van der Waals surface area contributed by atoms with E-state index in [2.05, 4.69) is 20.8 Å². The van der Waals surface area contributed by atoms with E-state index >= 15 is 0 Å². The van der Waals surface area contributed by atoms with Gasteiger partial charge in [-0.05, 0) is 47.7 Å². The molecule has 0 saturated carbocycles. The van der Waals surface area contributed by atoms with Gasteiger partial charge in [-0.2, -0.15) is 0 Å². The normalized spacial score (nSPS) is 17.0. The van der Waals surface area contributed by atoms with Crippen LogP contribution in [0.25, 0.3) is 5.76 Å². The van der Waals surface area contributed by atoms with Crippen LogP contribution < -0.4 is 4.74 Å². The van der Waals surface area contributed by atoms with Crippen molar-refractivity contribution in [1.82, 2.24) is 4.90 Å². The summed E-state index contributed by atoms with van der Waals surface area (Å²) in [5.74, 6) is -0.267. The van der Waals surface area contributed by atoms with Gasteiger partial charge in [0.2, 0.25) is 0 Å². The number of aliphatic hydroxyl groups excluding tert-OH is 1. The van der Waals surface area contributed by atoms with Gasteiger partial charge in [-0.15, -0.1) is 0 Å². The predicted molar refractivity (Wildman–Crippen MR) is 154 cm³/mol. The summed E-state index contributed by atoms with van der Waals surface area (Å²) in [6.45, 7) is 7.01. The minimum absolute atomic E-state index is 0.144. The molecule has 1 heterocycles. The molecule has 0 bridgehead atoms. The molecule has 2 aromatic carbocycles. The number of unbranched alkanes of at least 4 members (excludes halogenated alkanes) is 9. The van der Waals surface area contributed by atoms with Crippen molar-refractivity contribution >= 4 is 17.4 Å². The standard InChI is InChI=1S/C33H45NO4/c1-5-6-7-8-9-10-11-12-13-14-23-34-30(26-17-15-25(16-18-26)24(2)3)29(32(36)33(34)37)31(35)27-19-21-28(38-4)22-20-27/h15-22,24,30,35H,5-14,23H2,1-4H3/t30-/m0/s1. The zero-order chi connectivity index (χ0) is 27.5. The number of ketones is 1. The van der Waals surface area contributed by atoms with Crippen molar-refractivity contribution in [3.8, 4) is 5.75 Å². The Morgan fingerprint density at radius 3 is 1.92 bits per heavy atom. The number of carbonyl (C=O) groups is 2. The highest BCUT2D eigenvalue weighted by molar-refractivity contribution is 6.46. The number of hydrogen-bond acceptors (Lipinski definition) is 4. The quantitative estimate of drug-likeness (QED) is 0.112. The number of methoxy groups -OCH3 is 1. The molecule has 0 unspecified atom stereocenters. The van der Waals surface area contributed by atoms with Crippen molar-refractivity contribution in [3.63, 3.8) is 0 Å². The zero-order valence-corrected chi connectivity index (χ0v) is 23.7. The van der Waals surface area contributed by atoms with E-state index in [1.54, 1.807) is 36.3 Å². The van der Waals surface area contributed by atoms with Crippen molar-refractivity contribution in [3.05, 3.63) is 70.8 Å². The molecule has 0 aliphatic carbocycles. The number of aliphatic hydroxyl groups is 1. The Morgan fingerprint density at radius 2 is 1.39 bits per heavy atom. The Balaban J connectivity index is 1.76. The van der Waals surface area contributed by atoms with Gasteiger partial charge in [0.05, 0.1) is 18.7 Å². The second kappa shape index (κ2) is 14.8. The van der Waals surface area contributed by atoms with Crippen LogP contribution >= 0.6 is 0 Å². The molecule has 0 aromatic heterocycles. The first-order chi connectivity index (χ1) is 18.4. The minimum atomic E-state index is -0.622. The molecule has 1 atom stereocenters. The molecule has 5 nitrogen and oxygen atoms in total. The third-order valence-electron chi connectivity index (χ3n) is 7.57. The lowest BCUT2D eigenvalue weighted by Gasteiger charge is -2.25. The number of amides is 1. The van der Waals surface area contributed by atoms with Crippen LogP contribution in [0.2, 0.25) is 0 Å². The highest BCUT2D eigenvalue weighted by Gasteiger charge is 2.45. The van der Waals surface area contributed by atoms with Gasteiger partial charge < -0.3 is 14.7 Å². The molecule has 1 aliphatic heterocycles. The summed E-state index contributed by atoms with van der Waals surface area (Å²) in [5, 5.41) is 11.2. The molecule has 5 heteroatoms. The average Bonchev–Trinajstić information content (AvgIpc) is 3.18. The molecule has 1 amide bonds. The number of rotatable bonds is 15. The first-order valence-corrected chi connectivity index (χ1v) is 14.4. The third kappa shape index (κ3) is 7.49. The molecule has 0 spiro atoms. The Labute approximate surface area is 228 Å². The molecular formula is C33H45NO4. The minimum Gasteiger partial charge on any atom is -0.507 e. The van der Waals surface area contributed by atoms with Crippen LogP contribution in [-0.2, 0) is 9.59 Å². The fraction of sp³-hybridized carbons (Fsp3) is 0.515. The predicted octanol–water partition coefficient (Wildman–Crippen LogP) is 8.16. The summed E-state index contributed by atoms with van der Waals surface area (Å²) in [7, 11) is 1.58. The lowest BCUT2D eigenvalue weighted by Crippen LogP contribution is -2.30. The van der Waals surface area contributed by atoms with E-state index in [0.29, 0.717) is 23.8 Å². The van der Waals surface area contributed by atoms with E-state index < -0.39 is 17.7 Å². The molecular weight excluding hydrogens is 474 g/mol. The highest BCUT2D eigenvalue weighted by Crippen LogP contribution is 2.40. The number of carbonyl (C=O) groups excluding carboxylic acids is 2. The van der Waals surface area contributed by atoms with E-state index in [-0.39, 0.29) is 11.3 Å². The maximum Gasteiger partial charge on any atom is 0.295 e. The SMILES string of the molecule is CCCCCCCCCCCCN1C(=O)C(=O)C(=C(O)c2ccc(OC)cc2)[C@@H]1c1ccc(C(C)C)cc1. The smallest absolute Gasteiger partial charge is 0.295 e. The Hall–Kier alpha value is -3.08. The Kier molecular flexibility index (Phi) is 11.4. The summed E-state index contributed by atoms with van der Waals surface area (Å²) < 4.78 is 5.22. The van der Waals surface area contributed by atoms with Crippen LogP contribution in [0.3, 0.4) is 0 Å². The zero-order valence-electron chi connectivity index (χ0n) is 23.7. The van der Waals surface area contributed by atoms with E-state index in [0.717, 1.165) is 24.8 Å². The number of ether oxygens (including phenoxy) is 1. The van der Waals surface area contributed by atoms with E-state index in [1.165, 1.54) is 50.5 Å².